The third kappa shape index (κ3) is 3.94. The molecule has 5 heteroatoms. The maximum Gasteiger partial charge on any atom is 0.254 e. The van der Waals surface area contributed by atoms with Gasteiger partial charge in [-0.3, -0.25) is 4.79 Å². The zero-order valence-electron chi connectivity index (χ0n) is 14.9. The number of pyridine rings is 1. The molecule has 3 rings (SSSR count). The second kappa shape index (κ2) is 6.68. The molecule has 2 fully saturated rings. The van der Waals surface area contributed by atoms with E-state index in [0.29, 0.717) is 25.1 Å². The molecular formula is C19H28N2O2S. The molecule has 1 saturated heterocycles. The van der Waals surface area contributed by atoms with Gasteiger partial charge in [0.25, 0.3) is 5.91 Å². The Morgan fingerprint density at radius 2 is 2.17 bits per heavy atom. The molecule has 1 aliphatic heterocycles. The number of hydrogen-bond donors (Lipinski definition) is 1. The van der Waals surface area contributed by atoms with Crippen LogP contribution >= 0.6 is 11.8 Å². The van der Waals surface area contributed by atoms with Crippen LogP contribution in [0.4, 0.5) is 0 Å². The van der Waals surface area contributed by atoms with Crippen molar-refractivity contribution >= 4 is 17.7 Å². The van der Waals surface area contributed by atoms with Gasteiger partial charge in [0, 0.05) is 35.5 Å². The SMILES string of the molecule is CC(C)(C)Sc1cc(C(=O)N2CCC3(O)CCCCC3C2)ccn1. The summed E-state index contributed by atoms with van der Waals surface area (Å²) in [5.74, 6) is 0.301. The summed E-state index contributed by atoms with van der Waals surface area (Å²) < 4.78 is 0.0678. The Balaban J connectivity index is 1.72. The van der Waals surface area contributed by atoms with E-state index in [2.05, 4.69) is 25.8 Å². The van der Waals surface area contributed by atoms with Gasteiger partial charge in [0.1, 0.15) is 0 Å². The summed E-state index contributed by atoms with van der Waals surface area (Å²) in [5, 5.41) is 11.7. The predicted molar refractivity (Wildman–Crippen MR) is 97.3 cm³/mol. The number of thioether (sulfide) groups is 1. The van der Waals surface area contributed by atoms with Crippen LogP contribution in [-0.2, 0) is 0 Å². The van der Waals surface area contributed by atoms with Crippen molar-refractivity contribution in [2.45, 2.75) is 68.2 Å². The van der Waals surface area contributed by atoms with Crippen molar-refractivity contribution < 1.29 is 9.90 Å². The summed E-state index contributed by atoms with van der Waals surface area (Å²) in [6.45, 7) is 7.75. The van der Waals surface area contributed by atoms with Crippen molar-refractivity contribution in [2.24, 2.45) is 5.92 Å². The Bertz CT molecular complexity index is 614. The van der Waals surface area contributed by atoms with Gasteiger partial charge in [-0.2, -0.15) is 0 Å². The number of hydrogen-bond acceptors (Lipinski definition) is 4. The van der Waals surface area contributed by atoms with E-state index in [1.165, 1.54) is 0 Å². The molecule has 0 aromatic carbocycles. The molecule has 1 N–H and O–H groups in total. The number of piperidine rings is 1. The summed E-state index contributed by atoms with van der Waals surface area (Å²) in [7, 11) is 0. The van der Waals surface area contributed by atoms with Crippen molar-refractivity contribution in [3.63, 3.8) is 0 Å². The number of amides is 1. The minimum Gasteiger partial charge on any atom is -0.389 e. The second-order valence-corrected chi connectivity index (χ2v) is 9.99. The lowest BCUT2D eigenvalue weighted by atomic mass is 9.71. The van der Waals surface area contributed by atoms with E-state index < -0.39 is 5.60 Å². The average molecular weight is 349 g/mol. The number of nitrogens with zero attached hydrogens (tertiary/aromatic N) is 2. The number of carbonyl (C=O) groups is 1. The van der Waals surface area contributed by atoms with Gasteiger partial charge in [0.2, 0.25) is 0 Å². The summed E-state index contributed by atoms with van der Waals surface area (Å²) >= 11 is 1.67. The normalized spacial score (nSPS) is 27.7. The molecule has 132 valence electrons. The summed E-state index contributed by atoms with van der Waals surface area (Å²) in [5.41, 5.74) is 0.165. The smallest absolute Gasteiger partial charge is 0.254 e. The first-order valence-corrected chi connectivity index (χ1v) is 9.75. The number of aliphatic hydroxyl groups is 1. The van der Waals surface area contributed by atoms with Gasteiger partial charge in [0.15, 0.2) is 0 Å². The molecule has 1 saturated carbocycles. The number of carbonyl (C=O) groups excluding carboxylic acids is 1. The van der Waals surface area contributed by atoms with Crippen LogP contribution in [0.2, 0.25) is 0 Å². The maximum absolute atomic E-state index is 12.9. The highest BCUT2D eigenvalue weighted by atomic mass is 32.2. The van der Waals surface area contributed by atoms with Crippen molar-refractivity contribution in [3.8, 4) is 0 Å². The Labute approximate surface area is 149 Å². The zero-order chi connectivity index (χ0) is 17.4. The van der Waals surface area contributed by atoms with Gasteiger partial charge in [-0.1, -0.05) is 33.6 Å². The van der Waals surface area contributed by atoms with E-state index in [4.69, 9.17) is 0 Å². The van der Waals surface area contributed by atoms with Crippen LogP contribution in [0.15, 0.2) is 23.4 Å². The molecule has 1 amide bonds. The fourth-order valence-electron chi connectivity index (χ4n) is 3.85. The Hall–Kier alpha value is -1.07. The quantitative estimate of drug-likeness (QED) is 0.827. The number of rotatable bonds is 2. The minimum absolute atomic E-state index is 0.0678. The standard InChI is InChI=1S/C19H28N2O2S/c1-18(2,3)24-16-12-14(7-10-20-16)17(22)21-11-9-19(23)8-5-4-6-15(19)13-21/h7,10,12,15,23H,4-6,8-9,11,13H2,1-3H3. The molecule has 2 aliphatic rings. The molecule has 1 aromatic rings. The molecule has 4 nitrogen and oxygen atoms in total. The minimum atomic E-state index is -0.541. The highest BCUT2D eigenvalue weighted by Crippen LogP contribution is 2.40. The van der Waals surface area contributed by atoms with E-state index in [1.54, 1.807) is 24.0 Å². The molecule has 0 bridgehead atoms. The van der Waals surface area contributed by atoms with Gasteiger partial charge in [0.05, 0.1) is 10.6 Å². The van der Waals surface area contributed by atoms with E-state index in [-0.39, 0.29) is 16.6 Å². The van der Waals surface area contributed by atoms with Crippen LogP contribution < -0.4 is 0 Å². The van der Waals surface area contributed by atoms with Crippen LogP contribution in [0.5, 0.6) is 0 Å². The van der Waals surface area contributed by atoms with E-state index in [9.17, 15) is 9.90 Å². The van der Waals surface area contributed by atoms with Gasteiger partial charge < -0.3 is 10.0 Å². The van der Waals surface area contributed by atoms with Crippen LogP contribution in [0.25, 0.3) is 0 Å². The molecule has 0 radical (unpaired) electrons. The van der Waals surface area contributed by atoms with Crippen molar-refractivity contribution in [1.82, 2.24) is 9.88 Å². The molecule has 2 unspecified atom stereocenters. The molecule has 24 heavy (non-hydrogen) atoms. The van der Waals surface area contributed by atoms with Crippen LogP contribution in [-0.4, -0.2) is 44.3 Å². The monoisotopic (exact) mass is 348 g/mol. The predicted octanol–water partition coefficient (Wildman–Crippen LogP) is 3.74. The molecule has 1 aromatic heterocycles. The fourth-order valence-corrected chi connectivity index (χ4v) is 4.78. The van der Waals surface area contributed by atoms with Gasteiger partial charge in [-0.15, -0.1) is 11.8 Å². The largest absolute Gasteiger partial charge is 0.389 e. The zero-order valence-corrected chi connectivity index (χ0v) is 15.7. The lowest BCUT2D eigenvalue weighted by Gasteiger charge is -2.47. The van der Waals surface area contributed by atoms with Gasteiger partial charge in [-0.05, 0) is 31.4 Å². The third-order valence-corrected chi connectivity index (χ3v) is 6.15. The molecule has 2 atom stereocenters. The Morgan fingerprint density at radius 3 is 2.92 bits per heavy atom. The highest BCUT2D eigenvalue weighted by molar-refractivity contribution is 8.00. The van der Waals surface area contributed by atoms with Crippen molar-refractivity contribution in [3.05, 3.63) is 23.9 Å². The summed E-state index contributed by atoms with van der Waals surface area (Å²) in [6, 6.07) is 3.71. The summed E-state index contributed by atoms with van der Waals surface area (Å²) in [6.07, 6.45) is 6.62. The Morgan fingerprint density at radius 1 is 1.38 bits per heavy atom. The lowest BCUT2D eigenvalue weighted by Crippen LogP contribution is -2.54. The number of fused-ring (bicyclic) bond motifs is 1. The van der Waals surface area contributed by atoms with E-state index >= 15 is 0 Å². The molecule has 2 heterocycles. The first-order chi connectivity index (χ1) is 11.3. The van der Waals surface area contributed by atoms with E-state index in [0.717, 1.165) is 30.7 Å². The molecular weight excluding hydrogens is 320 g/mol. The van der Waals surface area contributed by atoms with Crippen molar-refractivity contribution in [1.29, 1.82) is 0 Å². The van der Waals surface area contributed by atoms with E-state index in [1.807, 2.05) is 11.0 Å². The summed E-state index contributed by atoms with van der Waals surface area (Å²) in [4.78, 5) is 19.2. The molecule has 0 spiro atoms. The third-order valence-electron chi connectivity index (χ3n) is 5.11. The fraction of sp³-hybridized carbons (Fsp3) is 0.684. The average Bonchev–Trinajstić information content (AvgIpc) is 2.52. The lowest BCUT2D eigenvalue weighted by molar-refractivity contribution is -0.0886. The second-order valence-electron chi connectivity index (χ2n) is 8.14. The van der Waals surface area contributed by atoms with Crippen LogP contribution in [0.1, 0.15) is 63.2 Å². The van der Waals surface area contributed by atoms with Crippen LogP contribution in [0.3, 0.4) is 0 Å². The number of likely N-dealkylation sites (tertiary alicyclic amines) is 1. The topological polar surface area (TPSA) is 53.4 Å². The number of aromatic nitrogens is 1. The van der Waals surface area contributed by atoms with Crippen LogP contribution in [0, 0.1) is 5.92 Å². The maximum atomic E-state index is 12.9. The molecule has 1 aliphatic carbocycles. The highest BCUT2D eigenvalue weighted by Gasteiger charge is 2.43. The van der Waals surface area contributed by atoms with Crippen molar-refractivity contribution in [2.75, 3.05) is 13.1 Å². The van der Waals surface area contributed by atoms with Gasteiger partial charge >= 0.3 is 0 Å². The first kappa shape index (κ1) is 17.7. The van der Waals surface area contributed by atoms with Gasteiger partial charge in [-0.25, -0.2) is 4.98 Å². The Kier molecular flexibility index (Phi) is 4.94. The first-order valence-electron chi connectivity index (χ1n) is 8.94.